The quantitative estimate of drug-likeness (QED) is 0.590. The summed E-state index contributed by atoms with van der Waals surface area (Å²) in [5.74, 6) is -0.623. The Balaban J connectivity index is 2.54. The summed E-state index contributed by atoms with van der Waals surface area (Å²) in [4.78, 5) is 34.5. The number of carbonyl (C=O) groups excluding carboxylic acids is 2. The van der Waals surface area contributed by atoms with Gasteiger partial charge in [0.05, 0.1) is 4.92 Å². The third kappa shape index (κ3) is 1.69. The summed E-state index contributed by atoms with van der Waals surface area (Å²) in [7, 11) is 0. The SMILES string of the molecule is CC1(C)OC(=O)N(c2ccccc2[N+](=O)[O-])C1=O. The molecule has 1 aromatic carbocycles. The molecule has 1 heterocycles. The number of hydrogen-bond acceptors (Lipinski definition) is 5. The number of nitrogens with zero attached hydrogens (tertiary/aromatic N) is 2. The van der Waals surface area contributed by atoms with Crippen LogP contribution in [0.3, 0.4) is 0 Å². The number of amides is 2. The molecular weight excluding hydrogens is 240 g/mol. The summed E-state index contributed by atoms with van der Waals surface area (Å²) in [6, 6.07) is 5.52. The summed E-state index contributed by atoms with van der Waals surface area (Å²) < 4.78 is 4.88. The molecule has 1 aromatic rings. The van der Waals surface area contributed by atoms with Crippen LogP contribution in [0.1, 0.15) is 13.8 Å². The Hall–Kier alpha value is -2.44. The lowest BCUT2D eigenvalue weighted by atomic mass is 10.1. The molecule has 18 heavy (non-hydrogen) atoms. The third-order valence-electron chi connectivity index (χ3n) is 2.56. The van der Waals surface area contributed by atoms with Gasteiger partial charge < -0.3 is 4.74 Å². The standard InChI is InChI=1S/C11H10N2O5/c1-11(2)9(14)12(10(15)18-11)7-5-3-4-6-8(7)13(16)17/h3-6H,1-2H3. The predicted octanol–water partition coefficient (Wildman–Crippen LogP) is 1.86. The van der Waals surface area contributed by atoms with Crippen molar-refractivity contribution in [3.63, 3.8) is 0 Å². The van der Waals surface area contributed by atoms with Crippen LogP contribution >= 0.6 is 0 Å². The van der Waals surface area contributed by atoms with Gasteiger partial charge in [-0.1, -0.05) is 12.1 Å². The summed E-state index contributed by atoms with van der Waals surface area (Å²) >= 11 is 0. The molecule has 7 nitrogen and oxygen atoms in total. The fourth-order valence-electron chi connectivity index (χ4n) is 1.68. The van der Waals surface area contributed by atoms with E-state index < -0.39 is 22.5 Å². The number of benzene rings is 1. The average Bonchev–Trinajstić information content (AvgIpc) is 2.48. The highest BCUT2D eigenvalue weighted by Gasteiger charge is 2.49. The molecule has 7 heteroatoms. The van der Waals surface area contributed by atoms with E-state index in [1.807, 2.05) is 0 Å². The van der Waals surface area contributed by atoms with Crippen LogP contribution in [0.2, 0.25) is 0 Å². The zero-order chi connectivity index (χ0) is 13.5. The van der Waals surface area contributed by atoms with E-state index >= 15 is 0 Å². The Morgan fingerprint density at radius 1 is 1.28 bits per heavy atom. The van der Waals surface area contributed by atoms with E-state index in [0.717, 1.165) is 0 Å². The minimum absolute atomic E-state index is 0.0805. The van der Waals surface area contributed by atoms with Crippen molar-refractivity contribution in [1.82, 2.24) is 0 Å². The molecule has 0 spiro atoms. The Kier molecular flexibility index (Phi) is 2.54. The molecule has 2 rings (SSSR count). The van der Waals surface area contributed by atoms with E-state index in [9.17, 15) is 19.7 Å². The molecular formula is C11H10N2O5. The first-order chi connectivity index (χ1) is 8.34. The van der Waals surface area contributed by atoms with Crippen LogP contribution in [-0.4, -0.2) is 22.5 Å². The molecule has 0 unspecified atom stereocenters. The lowest BCUT2D eigenvalue weighted by Crippen LogP contribution is -2.36. The average molecular weight is 250 g/mol. The van der Waals surface area contributed by atoms with Gasteiger partial charge in [-0.25, -0.2) is 9.69 Å². The van der Waals surface area contributed by atoms with Gasteiger partial charge in [-0.05, 0) is 19.9 Å². The van der Waals surface area contributed by atoms with Crippen LogP contribution in [0.5, 0.6) is 0 Å². The molecule has 0 aromatic heterocycles. The number of carbonyl (C=O) groups is 2. The molecule has 0 bridgehead atoms. The first kappa shape index (κ1) is 12.0. The maximum Gasteiger partial charge on any atom is 0.422 e. The number of anilines is 1. The number of rotatable bonds is 2. The van der Waals surface area contributed by atoms with Crippen LogP contribution in [0.25, 0.3) is 0 Å². The van der Waals surface area contributed by atoms with E-state index in [0.29, 0.717) is 4.90 Å². The maximum atomic E-state index is 12.0. The maximum absolute atomic E-state index is 12.0. The number of cyclic esters (lactones) is 1. The van der Waals surface area contributed by atoms with Gasteiger partial charge in [-0.15, -0.1) is 0 Å². The normalized spacial score (nSPS) is 17.8. The van der Waals surface area contributed by atoms with Crippen LogP contribution < -0.4 is 4.90 Å². The monoisotopic (exact) mass is 250 g/mol. The molecule has 1 aliphatic rings. The minimum Gasteiger partial charge on any atom is -0.433 e. The largest absolute Gasteiger partial charge is 0.433 e. The zero-order valence-electron chi connectivity index (χ0n) is 9.75. The van der Waals surface area contributed by atoms with Crippen LogP contribution in [0, 0.1) is 10.1 Å². The Morgan fingerprint density at radius 3 is 2.39 bits per heavy atom. The topological polar surface area (TPSA) is 89.8 Å². The highest BCUT2D eigenvalue weighted by molar-refractivity contribution is 6.20. The second-order valence-electron chi connectivity index (χ2n) is 4.26. The number of nitro groups is 1. The van der Waals surface area contributed by atoms with Gasteiger partial charge in [0.1, 0.15) is 5.69 Å². The van der Waals surface area contributed by atoms with Gasteiger partial charge in [0.25, 0.3) is 11.6 Å². The van der Waals surface area contributed by atoms with Crippen LogP contribution in [0.15, 0.2) is 24.3 Å². The second-order valence-corrected chi connectivity index (χ2v) is 4.26. The summed E-state index contributed by atoms with van der Waals surface area (Å²) in [5.41, 5.74) is -1.70. The second kappa shape index (κ2) is 3.80. The number of ether oxygens (including phenoxy) is 1. The highest BCUT2D eigenvalue weighted by atomic mass is 16.6. The molecule has 0 N–H and O–H groups in total. The van der Waals surface area contributed by atoms with E-state index in [1.54, 1.807) is 0 Å². The Labute approximate surface area is 102 Å². The van der Waals surface area contributed by atoms with Crippen molar-refractivity contribution in [2.24, 2.45) is 0 Å². The minimum atomic E-state index is -1.30. The van der Waals surface area contributed by atoms with Crippen molar-refractivity contribution in [3.8, 4) is 0 Å². The van der Waals surface area contributed by atoms with Gasteiger partial charge in [0.15, 0.2) is 5.60 Å². The van der Waals surface area contributed by atoms with Crippen molar-refractivity contribution in [2.45, 2.75) is 19.4 Å². The summed E-state index contributed by atoms with van der Waals surface area (Å²) in [6.45, 7) is 2.87. The first-order valence-corrected chi connectivity index (χ1v) is 5.15. The van der Waals surface area contributed by atoms with Crippen molar-refractivity contribution in [3.05, 3.63) is 34.4 Å². The fraction of sp³-hybridized carbons (Fsp3) is 0.273. The van der Waals surface area contributed by atoms with Gasteiger partial charge >= 0.3 is 6.09 Å². The molecule has 2 amide bonds. The number of para-hydroxylation sites is 2. The van der Waals surface area contributed by atoms with Crippen molar-refractivity contribution in [1.29, 1.82) is 0 Å². The first-order valence-electron chi connectivity index (χ1n) is 5.15. The van der Waals surface area contributed by atoms with Gasteiger partial charge in [0.2, 0.25) is 0 Å². The van der Waals surface area contributed by atoms with Crippen molar-refractivity contribution >= 4 is 23.4 Å². The van der Waals surface area contributed by atoms with E-state index in [2.05, 4.69) is 0 Å². The van der Waals surface area contributed by atoms with E-state index in [4.69, 9.17) is 4.74 Å². The summed E-state index contributed by atoms with van der Waals surface area (Å²) in [6.07, 6.45) is -0.903. The Morgan fingerprint density at radius 2 is 1.89 bits per heavy atom. The molecule has 94 valence electrons. The lowest BCUT2D eigenvalue weighted by molar-refractivity contribution is -0.384. The van der Waals surface area contributed by atoms with Gasteiger partial charge in [0, 0.05) is 6.07 Å². The van der Waals surface area contributed by atoms with Gasteiger partial charge in [-0.2, -0.15) is 0 Å². The highest BCUT2D eigenvalue weighted by Crippen LogP contribution is 2.34. The molecule has 1 fully saturated rings. The van der Waals surface area contributed by atoms with E-state index in [-0.39, 0.29) is 11.4 Å². The molecule has 1 saturated heterocycles. The lowest BCUT2D eigenvalue weighted by Gasteiger charge is -2.13. The molecule has 0 aliphatic carbocycles. The number of imide groups is 1. The third-order valence-corrected chi connectivity index (χ3v) is 2.56. The van der Waals surface area contributed by atoms with Crippen LogP contribution in [-0.2, 0) is 9.53 Å². The summed E-state index contributed by atoms with van der Waals surface area (Å²) in [5, 5.41) is 10.9. The number of nitro benzene ring substituents is 1. The van der Waals surface area contributed by atoms with Crippen molar-refractivity contribution in [2.75, 3.05) is 4.90 Å². The van der Waals surface area contributed by atoms with E-state index in [1.165, 1.54) is 38.1 Å². The fourth-order valence-corrected chi connectivity index (χ4v) is 1.68. The zero-order valence-corrected chi connectivity index (χ0v) is 9.75. The molecule has 0 saturated carbocycles. The smallest absolute Gasteiger partial charge is 0.422 e. The molecule has 0 radical (unpaired) electrons. The Bertz CT molecular complexity index is 552. The predicted molar refractivity (Wildman–Crippen MR) is 61.1 cm³/mol. The molecule has 1 aliphatic heterocycles. The van der Waals surface area contributed by atoms with Gasteiger partial charge in [-0.3, -0.25) is 14.9 Å². The van der Waals surface area contributed by atoms with Crippen LogP contribution in [0.4, 0.5) is 16.2 Å². The van der Waals surface area contributed by atoms with Crippen molar-refractivity contribution < 1.29 is 19.2 Å². The number of hydrogen-bond donors (Lipinski definition) is 0. The molecule has 0 atom stereocenters.